The van der Waals surface area contributed by atoms with E-state index in [0.717, 1.165) is 28.3 Å². The molecule has 0 aliphatic rings. The van der Waals surface area contributed by atoms with Gasteiger partial charge in [0.25, 0.3) is 0 Å². The SMILES string of the molecule is COc1ccc(CNc2ncnc3ncccc23)c(OC)c1. The van der Waals surface area contributed by atoms with Gasteiger partial charge in [0.2, 0.25) is 0 Å². The highest BCUT2D eigenvalue weighted by Gasteiger charge is 2.07. The van der Waals surface area contributed by atoms with E-state index in [9.17, 15) is 0 Å². The van der Waals surface area contributed by atoms with Gasteiger partial charge in [0.05, 0.1) is 19.6 Å². The van der Waals surface area contributed by atoms with Gasteiger partial charge in [-0.15, -0.1) is 0 Å². The normalized spacial score (nSPS) is 10.5. The molecule has 0 saturated carbocycles. The lowest BCUT2D eigenvalue weighted by atomic mass is 10.2. The van der Waals surface area contributed by atoms with Crippen LogP contribution in [0.4, 0.5) is 5.82 Å². The fourth-order valence-corrected chi connectivity index (χ4v) is 2.21. The van der Waals surface area contributed by atoms with E-state index in [0.29, 0.717) is 12.2 Å². The number of hydrogen-bond acceptors (Lipinski definition) is 6. The van der Waals surface area contributed by atoms with Crippen LogP contribution in [-0.4, -0.2) is 29.2 Å². The molecule has 0 radical (unpaired) electrons. The van der Waals surface area contributed by atoms with Gasteiger partial charge in [0.1, 0.15) is 23.6 Å². The number of fused-ring (bicyclic) bond motifs is 1. The van der Waals surface area contributed by atoms with Crippen LogP contribution in [0.15, 0.2) is 42.9 Å². The van der Waals surface area contributed by atoms with Gasteiger partial charge < -0.3 is 14.8 Å². The Kier molecular flexibility index (Phi) is 4.00. The highest BCUT2D eigenvalue weighted by atomic mass is 16.5. The second-order valence-corrected chi connectivity index (χ2v) is 4.63. The number of nitrogens with one attached hydrogen (secondary N) is 1. The van der Waals surface area contributed by atoms with Gasteiger partial charge in [-0.2, -0.15) is 0 Å². The zero-order chi connectivity index (χ0) is 15.4. The van der Waals surface area contributed by atoms with Crippen molar-refractivity contribution < 1.29 is 9.47 Å². The molecule has 112 valence electrons. The first-order valence-electron chi connectivity index (χ1n) is 6.82. The fourth-order valence-electron chi connectivity index (χ4n) is 2.21. The molecule has 0 unspecified atom stereocenters. The second kappa shape index (κ2) is 6.26. The van der Waals surface area contributed by atoms with E-state index in [1.807, 2.05) is 30.3 Å². The summed E-state index contributed by atoms with van der Waals surface area (Å²) in [5, 5.41) is 4.19. The van der Waals surface area contributed by atoms with Crippen molar-refractivity contribution in [3.63, 3.8) is 0 Å². The van der Waals surface area contributed by atoms with Gasteiger partial charge in [0, 0.05) is 24.4 Å². The Balaban J connectivity index is 1.85. The van der Waals surface area contributed by atoms with Gasteiger partial charge in [0.15, 0.2) is 5.65 Å². The summed E-state index contributed by atoms with van der Waals surface area (Å²) in [7, 11) is 3.27. The van der Waals surface area contributed by atoms with E-state index < -0.39 is 0 Å². The summed E-state index contributed by atoms with van der Waals surface area (Å²) < 4.78 is 10.6. The molecule has 6 nitrogen and oxygen atoms in total. The average molecular weight is 296 g/mol. The van der Waals surface area contributed by atoms with Crippen molar-refractivity contribution >= 4 is 16.9 Å². The van der Waals surface area contributed by atoms with Crippen LogP contribution in [0.5, 0.6) is 11.5 Å². The second-order valence-electron chi connectivity index (χ2n) is 4.63. The summed E-state index contributed by atoms with van der Waals surface area (Å²) in [5.74, 6) is 2.27. The Bertz CT molecular complexity index is 787. The lowest BCUT2D eigenvalue weighted by Crippen LogP contribution is -2.04. The van der Waals surface area contributed by atoms with Crippen molar-refractivity contribution in [2.75, 3.05) is 19.5 Å². The number of benzene rings is 1. The number of rotatable bonds is 5. The van der Waals surface area contributed by atoms with Crippen LogP contribution in [0.2, 0.25) is 0 Å². The highest BCUT2D eigenvalue weighted by molar-refractivity contribution is 5.85. The van der Waals surface area contributed by atoms with Crippen molar-refractivity contribution in [1.82, 2.24) is 15.0 Å². The highest BCUT2D eigenvalue weighted by Crippen LogP contribution is 2.26. The number of anilines is 1. The third-order valence-electron chi connectivity index (χ3n) is 3.35. The van der Waals surface area contributed by atoms with Crippen LogP contribution in [0.25, 0.3) is 11.0 Å². The minimum absolute atomic E-state index is 0.578. The molecule has 2 aromatic heterocycles. The summed E-state index contributed by atoms with van der Waals surface area (Å²) in [6.07, 6.45) is 3.22. The van der Waals surface area contributed by atoms with E-state index in [-0.39, 0.29) is 0 Å². The zero-order valence-corrected chi connectivity index (χ0v) is 12.4. The number of ether oxygens (including phenoxy) is 2. The predicted molar refractivity (Wildman–Crippen MR) is 84.2 cm³/mol. The number of pyridine rings is 1. The van der Waals surface area contributed by atoms with Crippen molar-refractivity contribution in [2.45, 2.75) is 6.54 Å². The first-order chi connectivity index (χ1) is 10.8. The summed E-state index contributed by atoms with van der Waals surface area (Å²) in [6.45, 7) is 0.578. The molecular formula is C16H16N4O2. The van der Waals surface area contributed by atoms with E-state index in [4.69, 9.17) is 9.47 Å². The fraction of sp³-hybridized carbons (Fsp3) is 0.188. The summed E-state index contributed by atoms with van der Waals surface area (Å²) in [4.78, 5) is 12.7. The Morgan fingerprint density at radius 3 is 2.77 bits per heavy atom. The summed E-state index contributed by atoms with van der Waals surface area (Å²) in [5.41, 5.74) is 1.68. The van der Waals surface area contributed by atoms with Gasteiger partial charge in [-0.25, -0.2) is 15.0 Å². The molecule has 3 aromatic rings. The molecule has 0 spiro atoms. The van der Waals surface area contributed by atoms with Gasteiger partial charge >= 0.3 is 0 Å². The molecule has 0 aliphatic heterocycles. The number of methoxy groups -OCH3 is 2. The van der Waals surface area contributed by atoms with Crippen LogP contribution >= 0.6 is 0 Å². The van der Waals surface area contributed by atoms with E-state index >= 15 is 0 Å². The minimum atomic E-state index is 0.578. The van der Waals surface area contributed by atoms with Crippen LogP contribution in [0.1, 0.15) is 5.56 Å². The third kappa shape index (κ3) is 2.76. The number of nitrogens with zero attached hydrogens (tertiary/aromatic N) is 3. The molecule has 1 N–H and O–H groups in total. The minimum Gasteiger partial charge on any atom is -0.497 e. The van der Waals surface area contributed by atoms with Crippen LogP contribution in [0, 0.1) is 0 Å². The predicted octanol–water partition coefficient (Wildman–Crippen LogP) is 2.65. The quantitative estimate of drug-likeness (QED) is 0.780. The molecule has 0 amide bonds. The van der Waals surface area contributed by atoms with Crippen molar-refractivity contribution in [1.29, 1.82) is 0 Å². The van der Waals surface area contributed by atoms with Crippen molar-refractivity contribution in [3.05, 3.63) is 48.4 Å². The van der Waals surface area contributed by atoms with Crippen LogP contribution in [0.3, 0.4) is 0 Å². The lowest BCUT2D eigenvalue weighted by molar-refractivity contribution is 0.391. The lowest BCUT2D eigenvalue weighted by Gasteiger charge is -2.12. The maximum Gasteiger partial charge on any atom is 0.164 e. The average Bonchev–Trinajstić information content (AvgIpc) is 2.59. The molecule has 0 atom stereocenters. The largest absolute Gasteiger partial charge is 0.497 e. The van der Waals surface area contributed by atoms with E-state index in [1.165, 1.54) is 6.33 Å². The van der Waals surface area contributed by atoms with E-state index in [2.05, 4.69) is 20.3 Å². The standard InChI is InChI=1S/C16H16N4O2/c1-21-12-6-5-11(14(8-12)22-2)9-18-16-13-4-3-7-17-15(13)19-10-20-16/h3-8,10H,9H2,1-2H3,(H,17,18,19,20). The molecule has 2 heterocycles. The van der Waals surface area contributed by atoms with Gasteiger partial charge in [-0.05, 0) is 24.3 Å². The molecule has 0 aliphatic carbocycles. The van der Waals surface area contributed by atoms with Crippen LogP contribution < -0.4 is 14.8 Å². The first-order valence-corrected chi connectivity index (χ1v) is 6.82. The molecule has 3 rings (SSSR count). The molecule has 22 heavy (non-hydrogen) atoms. The maximum atomic E-state index is 5.40. The molecule has 1 aromatic carbocycles. The molecule has 0 fully saturated rings. The van der Waals surface area contributed by atoms with Crippen molar-refractivity contribution in [3.8, 4) is 11.5 Å². The Labute approximate surface area is 128 Å². The molecule has 6 heteroatoms. The third-order valence-corrected chi connectivity index (χ3v) is 3.35. The summed E-state index contributed by atoms with van der Waals surface area (Å²) in [6, 6.07) is 9.53. The Hall–Kier alpha value is -2.89. The monoisotopic (exact) mass is 296 g/mol. The number of hydrogen-bond donors (Lipinski definition) is 1. The molecule has 0 saturated heterocycles. The molecular weight excluding hydrogens is 280 g/mol. The topological polar surface area (TPSA) is 69.2 Å². The smallest absolute Gasteiger partial charge is 0.164 e. The van der Waals surface area contributed by atoms with E-state index in [1.54, 1.807) is 20.4 Å². The summed E-state index contributed by atoms with van der Waals surface area (Å²) >= 11 is 0. The first kappa shape index (κ1) is 14.1. The van der Waals surface area contributed by atoms with Gasteiger partial charge in [-0.1, -0.05) is 0 Å². The van der Waals surface area contributed by atoms with Gasteiger partial charge in [-0.3, -0.25) is 0 Å². The Morgan fingerprint density at radius 1 is 1.05 bits per heavy atom. The van der Waals surface area contributed by atoms with Crippen LogP contribution in [-0.2, 0) is 6.54 Å². The maximum absolute atomic E-state index is 5.40. The number of aromatic nitrogens is 3. The molecule has 0 bridgehead atoms. The Morgan fingerprint density at radius 2 is 1.95 bits per heavy atom. The zero-order valence-electron chi connectivity index (χ0n) is 12.4. The van der Waals surface area contributed by atoms with Crippen molar-refractivity contribution in [2.24, 2.45) is 0 Å².